The van der Waals surface area contributed by atoms with Gasteiger partial charge in [0.15, 0.2) is 0 Å². The highest BCUT2D eigenvalue weighted by Crippen LogP contribution is 2.21. The Morgan fingerprint density at radius 2 is 1.85 bits per heavy atom. The SMILES string of the molecule is CC(=O)NC(CS(=O)(=O)O)c1ccc2ccccc2c1. The molecular weight excluding hydrogens is 278 g/mol. The monoisotopic (exact) mass is 293 g/mol. The predicted octanol–water partition coefficient (Wildman–Crippen LogP) is 1.90. The third-order valence-electron chi connectivity index (χ3n) is 2.93. The first kappa shape index (κ1) is 14.5. The van der Waals surface area contributed by atoms with Crippen LogP contribution in [-0.4, -0.2) is 24.6 Å². The Labute approximate surface area is 117 Å². The first-order valence-corrected chi connectivity index (χ1v) is 7.67. The van der Waals surface area contributed by atoms with Gasteiger partial charge in [-0.3, -0.25) is 9.35 Å². The van der Waals surface area contributed by atoms with E-state index in [4.69, 9.17) is 4.55 Å². The molecule has 1 unspecified atom stereocenters. The van der Waals surface area contributed by atoms with Crippen molar-refractivity contribution in [3.8, 4) is 0 Å². The van der Waals surface area contributed by atoms with E-state index in [0.29, 0.717) is 5.56 Å². The Balaban J connectivity index is 2.41. The van der Waals surface area contributed by atoms with E-state index in [-0.39, 0.29) is 5.91 Å². The highest BCUT2D eigenvalue weighted by molar-refractivity contribution is 7.85. The molecule has 0 aliphatic rings. The van der Waals surface area contributed by atoms with E-state index in [9.17, 15) is 13.2 Å². The van der Waals surface area contributed by atoms with Crippen molar-refractivity contribution in [1.29, 1.82) is 0 Å². The molecular formula is C14H15NO4S. The van der Waals surface area contributed by atoms with Crippen molar-refractivity contribution < 1.29 is 17.8 Å². The van der Waals surface area contributed by atoms with Crippen molar-refractivity contribution in [3.05, 3.63) is 48.0 Å². The highest BCUT2D eigenvalue weighted by atomic mass is 32.2. The fourth-order valence-corrected chi connectivity index (χ4v) is 2.80. The predicted molar refractivity (Wildman–Crippen MR) is 76.9 cm³/mol. The van der Waals surface area contributed by atoms with Crippen LogP contribution in [0.5, 0.6) is 0 Å². The fraction of sp³-hybridized carbons (Fsp3) is 0.214. The molecule has 0 bridgehead atoms. The first-order valence-electron chi connectivity index (χ1n) is 6.06. The van der Waals surface area contributed by atoms with Crippen LogP contribution in [0, 0.1) is 0 Å². The summed E-state index contributed by atoms with van der Waals surface area (Å²) in [6.07, 6.45) is 0. The molecule has 106 valence electrons. The molecule has 0 aliphatic carbocycles. The van der Waals surface area contributed by atoms with E-state index >= 15 is 0 Å². The van der Waals surface area contributed by atoms with Crippen LogP contribution >= 0.6 is 0 Å². The lowest BCUT2D eigenvalue weighted by Crippen LogP contribution is -2.31. The van der Waals surface area contributed by atoms with Gasteiger partial charge in [-0.1, -0.05) is 36.4 Å². The highest BCUT2D eigenvalue weighted by Gasteiger charge is 2.20. The molecule has 0 aliphatic heterocycles. The Kier molecular flexibility index (Phi) is 4.06. The van der Waals surface area contributed by atoms with E-state index in [0.717, 1.165) is 10.8 Å². The minimum absolute atomic E-state index is 0.355. The maximum Gasteiger partial charge on any atom is 0.267 e. The number of benzene rings is 2. The molecule has 2 rings (SSSR count). The van der Waals surface area contributed by atoms with Gasteiger partial charge in [-0.2, -0.15) is 8.42 Å². The molecule has 20 heavy (non-hydrogen) atoms. The summed E-state index contributed by atoms with van der Waals surface area (Å²) in [5.41, 5.74) is 0.636. The van der Waals surface area contributed by atoms with Crippen LogP contribution in [0.4, 0.5) is 0 Å². The molecule has 1 amide bonds. The lowest BCUT2D eigenvalue weighted by atomic mass is 10.0. The van der Waals surface area contributed by atoms with E-state index < -0.39 is 21.9 Å². The zero-order valence-electron chi connectivity index (χ0n) is 10.9. The van der Waals surface area contributed by atoms with Gasteiger partial charge in [0.1, 0.15) is 0 Å². The molecule has 0 heterocycles. The smallest absolute Gasteiger partial charge is 0.267 e. The van der Waals surface area contributed by atoms with Crippen LogP contribution in [0.25, 0.3) is 10.8 Å². The standard InChI is InChI=1S/C14H15NO4S/c1-10(16)15-14(9-20(17,18)19)13-7-6-11-4-2-3-5-12(11)8-13/h2-8,14H,9H2,1H3,(H,15,16)(H,17,18,19). The molecule has 2 aromatic rings. The first-order chi connectivity index (χ1) is 9.35. The third kappa shape index (κ3) is 3.79. The van der Waals surface area contributed by atoms with Crippen molar-refractivity contribution in [1.82, 2.24) is 5.32 Å². The molecule has 0 saturated heterocycles. The number of hydrogen-bond donors (Lipinski definition) is 2. The molecule has 5 nitrogen and oxygen atoms in total. The third-order valence-corrected chi connectivity index (χ3v) is 3.69. The molecule has 0 aromatic heterocycles. The number of nitrogens with one attached hydrogen (secondary N) is 1. The molecule has 2 N–H and O–H groups in total. The van der Waals surface area contributed by atoms with Crippen molar-refractivity contribution in [2.24, 2.45) is 0 Å². The number of fused-ring (bicyclic) bond motifs is 1. The molecule has 0 fully saturated rings. The Morgan fingerprint density at radius 3 is 2.45 bits per heavy atom. The number of rotatable bonds is 4. The van der Waals surface area contributed by atoms with E-state index in [1.807, 2.05) is 30.3 Å². The number of carbonyl (C=O) groups excluding carboxylic acids is 1. The molecule has 1 atom stereocenters. The van der Waals surface area contributed by atoms with Gasteiger partial charge in [0, 0.05) is 6.92 Å². The Hall–Kier alpha value is -1.92. The van der Waals surface area contributed by atoms with E-state index in [2.05, 4.69) is 5.32 Å². The van der Waals surface area contributed by atoms with Gasteiger partial charge in [-0.05, 0) is 22.4 Å². The maximum absolute atomic E-state index is 11.2. The summed E-state index contributed by atoms with van der Waals surface area (Å²) in [6, 6.07) is 12.3. The van der Waals surface area contributed by atoms with Crippen LogP contribution in [0.15, 0.2) is 42.5 Å². The topological polar surface area (TPSA) is 83.5 Å². The molecule has 2 aromatic carbocycles. The average molecular weight is 293 g/mol. The van der Waals surface area contributed by atoms with E-state index in [1.165, 1.54) is 6.92 Å². The van der Waals surface area contributed by atoms with E-state index in [1.54, 1.807) is 12.1 Å². The molecule has 0 saturated carbocycles. The number of carbonyl (C=O) groups is 1. The van der Waals surface area contributed by atoms with Crippen molar-refractivity contribution in [3.63, 3.8) is 0 Å². The van der Waals surface area contributed by atoms with Crippen LogP contribution in [0.3, 0.4) is 0 Å². The molecule has 0 radical (unpaired) electrons. The summed E-state index contributed by atoms with van der Waals surface area (Å²) >= 11 is 0. The van der Waals surface area contributed by atoms with Crippen LogP contribution < -0.4 is 5.32 Å². The van der Waals surface area contributed by atoms with Crippen molar-refractivity contribution >= 4 is 26.8 Å². The quantitative estimate of drug-likeness (QED) is 0.843. The van der Waals surface area contributed by atoms with Gasteiger partial charge in [0.25, 0.3) is 10.1 Å². The van der Waals surface area contributed by atoms with Gasteiger partial charge in [-0.25, -0.2) is 0 Å². The van der Waals surface area contributed by atoms with Gasteiger partial charge >= 0.3 is 0 Å². The minimum Gasteiger partial charge on any atom is -0.348 e. The lowest BCUT2D eigenvalue weighted by molar-refractivity contribution is -0.119. The summed E-state index contributed by atoms with van der Waals surface area (Å²) in [5, 5.41) is 4.50. The summed E-state index contributed by atoms with van der Waals surface area (Å²) < 4.78 is 31.1. The van der Waals surface area contributed by atoms with Crippen LogP contribution in [-0.2, 0) is 14.9 Å². The second-order valence-electron chi connectivity index (χ2n) is 4.61. The molecule has 6 heteroatoms. The zero-order chi connectivity index (χ0) is 14.8. The van der Waals surface area contributed by atoms with Gasteiger partial charge in [-0.15, -0.1) is 0 Å². The summed E-state index contributed by atoms with van der Waals surface area (Å²) in [7, 11) is -4.19. The number of hydrogen-bond acceptors (Lipinski definition) is 3. The van der Waals surface area contributed by atoms with Gasteiger partial charge < -0.3 is 5.32 Å². The number of amides is 1. The molecule has 0 spiro atoms. The average Bonchev–Trinajstić information content (AvgIpc) is 2.35. The van der Waals surface area contributed by atoms with Crippen LogP contribution in [0.1, 0.15) is 18.5 Å². The van der Waals surface area contributed by atoms with Gasteiger partial charge in [0.05, 0.1) is 11.8 Å². The second kappa shape index (κ2) is 5.60. The lowest BCUT2D eigenvalue weighted by Gasteiger charge is -2.17. The van der Waals surface area contributed by atoms with Crippen LogP contribution in [0.2, 0.25) is 0 Å². The largest absolute Gasteiger partial charge is 0.348 e. The summed E-state index contributed by atoms with van der Waals surface area (Å²) in [5.74, 6) is -0.905. The zero-order valence-corrected chi connectivity index (χ0v) is 11.7. The Morgan fingerprint density at radius 1 is 1.20 bits per heavy atom. The maximum atomic E-state index is 11.2. The van der Waals surface area contributed by atoms with Crippen molar-refractivity contribution in [2.75, 3.05) is 5.75 Å². The fourth-order valence-electron chi connectivity index (χ4n) is 2.10. The summed E-state index contributed by atoms with van der Waals surface area (Å²) in [6.45, 7) is 1.30. The van der Waals surface area contributed by atoms with Gasteiger partial charge in [0.2, 0.25) is 5.91 Å². The normalized spacial score (nSPS) is 13.1. The summed E-state index contributed by atoms with van der Waals surface area (Å²) in [4.78, 5) is 11.2. The minimum atomic E-state index is -4.19. The second-order valence-corrected chi connectivity index (χ2v) is 6.11. The Bertz CT molecular complexity index is 740. The van der Waals surface area contributed by atoms with Crippen molar-refractivity contribution in [2.45, 2.75) is 13.0 Å².